The molecule has 1 saturated heterocycles. The van der Waals surface area contributed by atoms with Gasteiger partial charge >= 0.3 is 0 Å². The zero-order chi connectivity index (χ0) is 14.7. The lowest BCUT2D eigenvalue weighted by Gasteiger charge is -2.39. The molecule has 5 heteroatoms. The smallest absolute Gasteiger partial charge is 0.165 e. The molecule has 2 atom stereocenters. The van der Waals surface area contributed by atoms with E-state index in [2.05, 4.69) is 23.8 Å². The number of benzene rings is 1. The minimum absolute atomic E-state index is 0.179. The topological polar surface area (TPSA) is 41.7 Å². The Morgan fingerprint density at radius 1 is 1.45 bits per heavy atom. The average molecular weight is 281 g/mol. The highest BCUT2D eigenvalue weighted by atomic mass is 19.1. The Morgan fingerprint density at radius 2 is 2.20 bits per heavy atom. The van der Waals surface area contributed by atoms with Crippen molar-refractivity contribution in [3.63, 3.8) is 0 Å². The van der Waals surface area contributed by atoms with Crippen molar-refractivity contribution in [2.45, 2.75) is 19.0 Å². The maximum atomic E-state index is 13.7. The summed E-state index contributed by atoms with van der Waals surface area (Å²) in [5, 5.41) is 0. The zero-order valence-electron chi connectivity index (χ0n) is 12.5. The third-order valence-corrected chi connectivity index (χ3v) is 4.00. The highest BCUT2D eigenvalue weighted by Gasteiger charge is 2.23. The molecule has 2 N–H and O–H groups in total. The molecule has 2 rings (SSSR count). The number of hydrogen-bond acceptors (Lipinski definition) is 4. The molecule has 4 nitrogen and oxygen atoms in total. The number of ether oxygens (including phenoxy) is 1. The van der Waals surface area contributed by atoms with E-state index in [1.165, 1.54) is 13.2 Å². The highest BCUT2D eigenvalue weighted by Crippen LogP contribution is 2.22. The van der Waals surface area contributed by atoms with Crippen LogP contribution in [0, 0.1) is 5.82 Å². The Morgan fingerprint density at radius 3 is 2.80 bits per heavy atom. The molecule has 0 bridgehead atoms. The summed E-state index contributed by atoms with van der Waals surface area (Å²) in [6.45, 7) is 6.06. The van der Waals surface area contributed by atoms with Crippen LogP contribution >= 0.6 is 0 Å². The van der Waals surface area contributed by atoms with Gasteiger partial charge in [0.2, 0.25) is 0 Å². The Bertz CT molecular complexity index is 455. The van der Waals surface area contributed by atoms with Gasteiger partial charge in [-0.3, -0.25) is 4.90 Å². The monoisotopic (exact) mass is 281 g/mol. The summed E-state index contributed by atoms with van der Waals surface area (Å²) in [5.74, 6) is -0.0965. The minimum atomic E-state index is -0.355. The molecular weight excluding hydrogens is 257 g/mol. The number of nitrogens with two attached hydrogens (primary N) is 1. The van der Waals surface area contributed by atoms with Gasteiger partial charge in [-0.15, -0.1) is 0 Å². The van der Waals surface area contributed by atoms with Crippen LogP contribution in [0.4, 0.5) is 4.39 Å². The normalized spacial score (nSPS) is 22.8. The average Bonchev–Trinajstić information content (AvgIpc) is 2.41. The first kappa shape index (κ1) is 15.2. The van der Waals surface area contributed by atoms with Gasteiger partial charge in [0.05, 0.1) is 7.11 Å². The van der Waals surface area contributed by atoms with Gasteiger partial charge in [-0.2, -0.15) is 0 Å². The molecule has 2 unspecified atom stereocenters. The van der Waals surface area contributed by atoms with Gasteiger partial charge in [0.1, 0.15) is 0 Å². The summed E-state index contributed by atoms with van der Waals surface area (Å²) in [5.41, 5.74) is 7.03. The second kappa shape index (κ2) is 6.52. The van der Waals surface area contributed by atoms with Gasteiger partial charge in [-0.05, 0) is 31.7 Å². The van der Waals surface area contributed by atoms with Crippen molar-refractivity contribution in [1.29, 1.82) is 0 Å². The maximum absolute atomic E-state index is 13.7. The van der Waals surface area contributed by atoms with E-state index in [-0.39, 0.29) is 17.6 Å². The van der Waals surface area contributed by atoms with Crippen molar-refractivity contribution < 1.29 is 9.13 Å². The molecule has 20 heavy (non-hydrogen) atoms. The van der Waals surface area contributed by atoms with Crippen molar-refractivity contribution in [2.75, 3.05) is 40.3 Å². The maximum Gasteiger partial charge on any atom is 0.165 e. The van der Waals surface area contributed by atoms with Crippen LogP contribution in [0.1, 0.15) is 18.5 Å². The van der Waals surface area contributed by atoms with Gasteiger partial charge in [-0.25, -0.2) is 4.39 Å². The van der Waals surface area contributed by atoms with E-state index < -0.39 is 0 Å². The third-order valence-electron chi connectivity index (χ3n) is 4.00. The number of halogens is 1. The molecule has 1 aromatic rings. The first-order valence-electron chi connectivity index (χ1n) is 7.03. The zero-order valence-corrected chi connectivity index (χ0v) is 12.5. The molecule has 1 aliphatic heterocycles. The molecule has 112 valence electrons. The molecule has 0 amide bonds. The largest absolute Gasteiger partial charge is 0.494 e. The second-order valence-electron chi connectivity index (χ2n) is 5.61. The summed E-state index contributed by atoms with van der Waals surface area (Å²) >= 11 is 0. The van der Waals surface area contributed by atoms with Gasteiger partial charge in [0.25, 0.3) is 0 Å². The van der Waals surface area contributed by atoms with E-state index in [9.17, 15) is 4.39 Å². The van der Waals surface area contributed by atoms with E-state index in [1.54, 1.807) is 6.07 Å². The van der Waals surface area contributed by atoms with Crippen LogP contribution in [-0.4, -0.2) is 56.2 Å². The van der Waals surface area contributed by atoms with Gasteiger partial charge in [0.15, 0.2) is 11.6 Å². The molecule has 1 heterocycles. The molecule has 0 aliphatic carbocycles. The Labute approximate surface area is 120 Å². The predicted octanol–water partition coefficient (Wildman–Crippen LogP) is 1.47. The molecule has 0 spiro atoms. The van der Waals surface area contributed by atoms with Crippen molar-refractivity contribution in [2.24, 2.45) is 5.73 Å². The predicted molar refractivity (Wildman–Crippen MR) is 78.4 cm³/mol. The standard InChI is InChI=1S/C15H24FN3O/c1-11-9-18(2)6-7-19(11)10-14(17)12-4-5-15(20-3)13(16)8-12/h4-5,8,11,14H,6-7,9-10,17H2,1-3H3. The molecule has 0 saturated carbocycles. The van der Waals surface area contributed by atoms with Crippen LogP contribution in [0.5, 0.6) is 5.75 Å². The lowest BCUT2D eigenvalue weighted by molar-refractivity contribution is 0.0945. The van der Waals surface area contributed by atoms with Gasteiger partial charge in [0, 0.05) is 38.3 Å². The summed E-state index contributed by atoms with van der Waals surface area (Å²) < 4.78 is 18.6. The highest BCUT2D eigenvalue weighted by molar-refractivity contribution is 5.31. The fraction of sp³-hybridized carbons (Fsp3) is 0.600. The van der Waals surface area contributed by atoms with Crippen LogP contribution < -0.4 is 10.5 Å². The molecule has 0 aromatic heterocycles. The first-order chi connectivity index (χ1) is 9.51. The van der Waals surface area contributed by atoms with E-state index >= 15 is 0 Å². The lowest BCUT2D eigenvalue weighted by atomic mass is 10.0. The Kier molecular flexibility index (Phi) is 4.96. The number of piperazine rings is 1. The van der Waals surface area contributed by atoms with Crippen LogP contribution in [0.15, 0.2) is 18.2 Å². The molecule has 1 fully saturated rings. The molecule has 0 radical (unpaired) electrons. The minimum Gasteiger partial charge on any atom is -0.494 e. The summed E-state index contributed by atoms with van der Waals surface area (Å²) in [6.07, 6.45) is 0. The Hall–Kier alpha value is -1.17. The summed E-state index contributed by atoms with van der Waals surface area (Å²) in [6, 6.07) is 5.25. The van der Waals surface area contributed by atoms with E-state index in [4.69, 9.17) is 10.5 Å². The molecular formula is C15H24FN3O. The number of methoxy groups -OCH3 is 1. The Balaban J connectivity index is 2.01. The number of hydrogen-bond donors (Lipinski definition) is 1. The number of rotatable bonds is 4. The van der Waals surface area contributed by atoms with E-state index in [0.717, 1.165) is 31.7 Å². The number of nitrogens with zero attached hydrogens (tertiary/aromatic N) is 2. The van der Waals surface area contributed by atoms with Gasteiger partial charge < -0.3 is 15.4 Å². The fourth-order valence-corrected chi connectivity index (χ4v) is 2.72. The van der Waals surface area contributed by atoms with Crippen molar-refractivity contribution in [3.8, 4) is 5.75 Å². The molecule has 1 aliphatic rings. The first-order valence-corrected chi connectivity index (χ1v) is 7.03. The van der Waals surface area contributed by atoms with Crippen LogP contribution in [0.25, 0.3) is 0 Å². The van der Waals surface area contributed by atoms with Crippen molar-refractivity contribution in [1.82, 2.24) is 9.80 Å². The van der Waals surface area contributed by atoms with Crippen LogP contribution in [0.3, 0.4) is 0 Å². The van der Waals surface area contributed by atoms with E-state index in [1.807, 2.05) is 6.07 Å². The van der Waals surface area contributed by atoms with E-state index in [0.29, 0.717) is 6.04 Å². The summed E-state index contributed by atoms with van der Waals surface area (Å²) in [7, 11) is 3.59. The van der Waals surface area contributed by atoms with Crippen molar-refractivity contribution in [3.05, 3.63) is 29.6 Å². The van der Waals surface area contributed by atoms with Crippen LogP contribution in [-0.2, 0) is 0 Å². The summed E-state index contributed by atoms with van der Waals surface area (Å²) in [4.78, 5) is 4.69. The van der Waals surface area contributed by atoms with Crippen LogP contribution in [0.2, 0.25) is 0 Å². The van der Waals surface area contributed by atoms with Crippen molar-refractivity contribution >= 4 is 0 Å². The quantitative estimate of drug-likeness (QED) is 0.907. The fourth-order valence-electron chi connectivity index (χ4n) is 2.72. The SMILES string of the molecule is COc1ccc(C(N)CN2CCN(C)CC2C)cc1F. The lowest BCUT2D eigenvalue weighted by Crippen LogP contribution is -2.52. The molecule has 1 aromatic carbocycles. The number of likely N-dealkylation sites (N-methyl/N-ethyl adjacent to an activating group) is 1. The van der Waals surface area contributed by atoms with Gasteiger partial charge in [-0.1, -0.05) is 6.07 Å². The second-order valence-corrected chi connectivity index (χ2v) is 5.61. The third kappa shape index (κ3) is 3.48.